The monoisotopic (exact) mass is 385 g/mol. The Bertz CT molecular complexity index is 1020. The molecule has 140 valence electrons. The first kappa shape index (κ1) is 18.4. The van der Waals surface area contributed by atoms with Crippen molar-refractivity contribution >= 4 is 23.3 Å². The van der Waals surface area contributed by atoms with E-state index in [1.807, 2.05) is 18.3 Å². The smallest absolute Gasteiger partial charge is 0.174 e. The molecule has 0 aliphatic heterocycles. The van der Waals surface area contributed by atoms with Crippen molar-refractivity contribution in [2.24, 2.45) is 0 Å². The van der Waals surface area contributed by atoms with E-state index in [9.17, 15) is 0 Å². The van der Waals surface area contributed by atoms with E-state index in [-0.39, 0.29) is 0 Å². The predicted octanol–water partition coefficient (Wildman–Crippen LogP) is 6.24. The van der Waals surface area contributed by atoms with Crippen molar-refractivity contribution < 1.29 is 0 Å². The minimum Gasteiger partial charge on any atom is -0.329 e. The summed E-state index contributed by atoms with van der Waals surface area (Å²) in [6.45, 7) is 2.12. The van der Waals surface area contributed by atoms with Crippen molar-refractivity contribution in [1.29, 1.82) is 0 Å². The molecule has 4 heteroatoms. The minimum absolute atomic E-state index is 0.888. The van der Waals surface area contributed by atoms with Gasteiger partial charge in [-0.1, -0.05) is 78.0 Å². The zero-order valence-corrected chi connectivity index (χ0v) is 16.9. The van der Waals surface area contributed by atoms with E-state index in [2.05, 4.69) is 96.2 Å². The first-order chi connectivity index (χ1) is 13.7. The lowest BCUT2D eigenvalue weighted by Crippen LogP contribution is -2.14. The molecule has 1 aromatic heterocycles. The van der Waals surface area contributed by atoms with Gasteiger partial charge in [0.25, 0.3) is 0 Å². The number of aromatic nitrogens is 2. The van der Waals surface area contributed by atoms with Gasteiger partial charge in [0, 0.05) is 24.2 Å². The van der Waals surface area contributed by atoms with Crippen molar-refractivity contribution in [3.05, 3.63) is 102 Å². The van der Waals surface area contributed by atoms with Gasteiger partial charge in [-0.3, -0.25) is 4.57 Å². The van der Waals surface area contributed by atoms with E-state index < -0.39 is 0 Å². The van der Waals surface area contributed by atoms with E-state index in [0.29, 0.717) is 0 Å². The summed E-state index contributed by atoms with van der Waals surface area (Å²) in [7, 11) is 2.08. The average molecular weight is 386 g/mol. The fraction of sp³-hybridized carbons (Fsp3) is 0.125. The quantitative estimate of drug-likeness (QED) is 0.367. The van der Waals surface area contributed by atoms with Crippen LogP contribution in [-0.2, 0) is 5.75 Å². The van der Waals surface area contributed by atoms with Gasteiger partial charge in [-0.25, -0.2) is 4.98 Å². The molecule has 4 aromatic rings. The van der Waals surface area contributed by atoms with E-state index in [1.54, 1.807) is 11.8 Å². The number of para-hydroxylation sites is 2. The normalized spacial score (nSPS) is 10.8. The Labute approximate surface area is 170 Å². The van der Waals surface area contributed by atoms with E-state index >= 15 is 0 Å². The highest BCUT2D eigenvalue weighted by Gasteiger charge is 2.16. The van der Waals surface area contributed by atoms with Crippen LogP contribution in [0.4, 0.5) is 11.5 Å². The van der Waals surface area contributed by atoms with Crippen LogP contribution in [0.15, 0.2) is 96.3 Å². The molecule has 1 heterocycles. The molecule has 0 fully saturated rings. The largest absolute Gasteiger partial charge is 0.329 e. The minimum atomic E-state index is 0.888. The summed E-state index contributed by atoms with van der Waals surface area (Å²) in [5, 5.41) is 0.990. The van der Waals surface area contributed by atoms with Crippen molar-refractivity contribution in [2.75, 3.05) is 11.9 Å². The van der Waals surface area contributed by atoms with Crippen LogP contribution in [-0.4, -0.2) is 16.6 Å². The highest BCUT2D eigenvalue weighted by Crippen LogP contribution is 2.32. The van der Waals surface area contributed by atoms with Crippen molar-refractivity contribution in [3.8, 4) is 5.69 Å². The Kier molecular flexibility index (Phi) is 5.49. The number of hydrogen-bond acceptors (Lipinski definition) is 3. The summed E-state index contributed by atoms with van der Waals surface area (Å²) in [6, 6.07) is 29.5. The maximum atomic E-state index is 4.76. The Morgan fingerprint density at radius 2 is 1.50 bits per heavy atom. The van der Waals surface area contributed by atoms with Gasteiger partial charge in [-0.05, 0) is 36.8 Å². The fourth-order valence-corrected chi connectivity index (χ4v) is 4.04. The highest BCUT2D eigenvalue weighted by atomic mass is 32.2. The van der Waals surface area contributed by atoms with Crippen molar-refractivity contribution in [2.45, 2.75) is 17.8 Å². The molecule has 0 bridgehead atoms. The molecule has 0 radical (unpaired) electrons. The molecule has 0 spiro atoms. The van der Waals surface area contributed by atoms with Crippen molar-refractivity contribution in [1.82, 2.24) is 9.55 Å². The number of imidazole rings is 1. The number of nitrogens with zero attached hydrogens (tertiary/aromatic N) is 3. The second-order valence-corrected chi connectivity index (χ2v) is 7.68. The summed E-state index contributed by atoms with van der Waals surface area (Å²) < 4.78 is 2.23. The lowest BCUT2D eigenvalue weighted by Gasteiger charge is -2.21. The van der Waals surface area contributed by atoms with E-state index in [1.165, 1.54) is 11.1 Å². The molecule has 3 aromatic carbocycles. The van der Waals surface area contributed by atoms with Gasteiger partial charge in [0.05, 0.1) is 6.20 Å². The summed E-state index contributed by atoms with van der Waals surface area (Å²) in [6.07, 6.45) is 1.96. The Morgan fingerprint density at radius 1 is 0.857 bits per heavy atom. The van der Waals surface area contributed by atoms with Gasteiger partial charge < -0.3 is 4.90 Å². The van der Waals surface area contributed by atoms with Gasteiger partial charge in [-0.15, -0.1) is 0 Å². The lowest BCUT2D eigenvalue weighted by atomic mass is 10.2. The standard InChI is InChI=1S/C24H23N3S/c1-19-13-15-20(16-14-19)18-28-24-25-17-23(26(2)21-9-5-3-6-10-21)27(24)22-11-7-4-8-12-22/h3-17H,18H2,1-2H3. The van der Waals surface area contributed by atoms with Crippen LogP contribution in [0.3, 0.4) is 0 Å². The first-order valence-electron chi connectivity index (χ1n) is 9.32. The molecule has 0 unspecified atom stereocenters. The van der Waals surface area contributed by atoms with Crippen LogP contribution in [0.25, 0.3) is 5.69 Å². The molecule has 0 aliphatic carbocycles. The van der Waals surface area contributed by atoms with Crippen LogP contribution in [0.2, 0.25) is 0 Å². The summed E-state index contributed by atoms with van der Waals surface area (Å²) >= 11 is 1.76. The molecule has 0 saturated heterocycles. The molecular weight excluding hydrogens is 362 g/mol. The molecular formula is C24H23N3S. The number of rotatable bonds is 6. The fourth-order valence-electron chi connectivity index (χ4n) is 3.10. The number of aryl methyl sites for hydroxylation is 1. The topological polar surface area (TPSA) is 21.1 Å². The molecule has 28 heavy (non-hydrogen) atoms. The maximum Gasteiger partial charge on any atom is 0.174 e. The molecule has 0 N–H and O–H groups in total. The summed E-state index contributed by atoms with van der Waals surface area (Å²) in [5.74, 6) is 1.93. The summed E-state index contributed by atoms with van der Waals surface area (Å²) in [4.78, 5) is 6.93. The molecule has 0 saturated carbocycles. The van der Waals surface area contributed by atoms with Crippen LogP contribution < -0.4 is 4.90 Å². The lowest BCUT2D eigenvalue weighted by molar-refractivity contribution is 0.882. The second-order valence-electron chi connectivity index (χ2n) is 6.74. The number of hydrogen-bond donors (Lipinski definition) is 0. The Hall–Kier alpha value is -2.98. The zero-order valence-electron chi connectivity index (χ0n) is 16.1. The SMILES string of the molecule is Cc1ccc(CSc2ncc(N(C)c3ccccc3)n2-c2ccccc2)cc1. The molecule has 4 rings (SSSR count). The number of anilines is 2. The summed E-state index contributed by atoms with van der Waals surface area (Å²) in [5.41, 5.74) is 4.83. The third-order valence-corrected chi connectivity index (χ3v) is 5.72. The average Bonchev–Trinajstić information content (AvgIpc) is 3.18. The van der Waals surface area contributed by atoms with Gasteiger partial charge in [0.1, 0.15) is 5.82 Å². The van der Waals surface area contributed by atoms with Crippen LogP contribution >= 0.6 is 11.8 Å². The Balaban J connectivity index is 1.68. The highest BCUT2D eigenvalue weighted by molar-refractivity contribution is 7.98. The van der Waals surface area contributed by atoms with Gasteiger partial charge >= 0.3 is 0 Å². The number of benzene rings is 3. The van der Waals surface area contributed by atoms with Crippen LogP contribution in [0, 0.1) is 6.92 Å². The van der Waals surface area contributed by atoms with E-state index in [0.717, 1.165) is 28.1 Å². The van der Waals surface area contributed by atoms with Crippen LogP contribution in [0.1, 0.15) is 11.1 Å². The molecule has 3 nitrogen and oxygen atoms in total. The van der Waals surface area contributed by atoms with E-state index in [4.69, 9.17) is 4.98 Å². The zero-order chi connectivity index (χ0) is 19.3. The van der Waals surface area contributed by atoms with Crippen LogP contribution in [0.5, 0.6) is 0 Å². The van der Waals surface area contributed by atoms with Gasteiger partial charge in [-0.2, -0.15) is 0 Å². The predicted molar refractivity (Wildman–Crippen MR) is 119 cm³/mol. The third-order valence-electron chi connectivity index (χ3n) is 4.70. The molecule has 0 amide bonds. The first-order valence-corrected chi connectivity index (χ1v) is 10.3. The molecule has 0 atom stereocenters. The second kappa shape index (κ2) is 8.36. The van der Waals surface area contributed by atoms with Gasteiger partial charge in [0.15, 0.2) is 5.16 Å². The van der Waals surface area contributed by atoms with Crippen molar-refractivity contribution in [3.63, 3.8) is 0 Å². The molecule has 0 aliphatic rings. The Morgan fingerprint density at radius 3 is 2.18 bits per heavy atom. The maximum absolute atomic E-state index is 4.76. The number of thioether (sulfide) groups is 1. The third kappa shape index (κ3) is 3.97. The van der Waals surface area contributed by atoms with Gasteiger partial charge in [0.2, 0.25) is 0 Å².